The second kappa shape index (κ2) is 3.16. The summed E-state index contributed by atoms with van der Waals surface area (Å²) in [5.74, 6) is -0.375. The molecule has 0 atom stereocenters. The summed E-state index contributed by atoms with van der Waals surface area (Å²) in [7, 11) is -1.74. The van der Waals surface area contributed by atoms with Crippen LogP contribution >= 0.6 is 11.3 Å². The van der Waals surface area contributed by atoms with Crippen molar-refractivity contribution in [3.63, 3.8) is 0 Å². The molecule has 0 spiro atoms. The molecule has 2 rings (SSSR count). The first-order valence-electron chi connectivity index (χ1n) is 3.89. The van der Waals surface area contributed by atoms with Crippen molar-refractivity contribution < 1.29 is 20.3 Å². The Morgan fingerprint density at radius 1 is 1.14 bits per heavy atom. The molecule has 1 aromatic carbocycles. The highest BCUT2D eigenvalue weighted by Crippen LogP contribution is 2.32. The Kier molecular flexibility index (Phi) is 2.11. The zero-order chi connectivity index (χ0) is 10.3. The van der Waals surface area contributed by atoms with E-state index in [1.165, 1.54) is 11.3 Å². The zero-order valence-corrected chi connectivity index (χ0v) is 7.82. The Morgan fingerprint density at radius 3 is 2.50 bits per heavy atom. The third-order valence-corrected chi connectivity index (χ3v) is 2.93. The Morgan fingerprint density at radius 2 is 1.86 bits per heavy atom. The standard InChI is InChI=1S/C8H7BO4S/c10-5-3-6(11)8-4(1-2-14-8)7(5)9(12)13/h1-3,10-13H. The van der Waals surface area contributed by atoms with Gasteiger partial charge >= 0.3 is 7.12 Å². The molecule has 1 aromatic heterocycles. The van der Waals surface area contributed by atoms with E-state index in [2.05, 4.69) is 0 Å². The van der Waals surface area contributed by atoms with Crippen molar-refractivity contribution in [1.29, 1.82) is 0 Å². The minimum Gasteiger partial charge on any atom is -0.508 e. The largest absolute Gasteiger partial charge is 0.508 e. The molecule has 0 fully saturated rings. The van der Waals surface area contributed by atoms with Gasteiger partial charge in [-0.1, -0.05) is 0 Å². The van der Waals surface area contributed by atoms with Gasteiger partial charge in [0.1, 0.15) is 11.5 Å². The summed E-state index contributed by atoms with van der Waals surface area (Å²) in [6.07, 6.45) is 0. The predicted octanol–water partition coefficient (Wildman–Crippen LogP) is -0.00770. The maximum Gasteiger partial charge on any atom is 0.492 e. The van der Waals surface area contributed by atoms with Gasteiger partial charge < -0.3 is 20.3 Å². The van der Waals surface area contributed by atoms with Crippen LogP contribution in [0.3, 0.4) is 0 Å². The molecule has 14 heavy (non-hydrogen) atoms. The van der Waals surface area contributed by atoms with E-state index >= 15 is 0 Å². The number of thiophene rings is 1. The van der Waals surface area contributed by atoms with Crippen LogP contribution in [0.2, 0.25) is 0 Å². The molecule has 0 unspecified atom stereocenters. The molecule has 4 N–H and O–H groups in total. The first-order valence-corrected chi connectivity index (χ1v) is 4.77. The van der Waals surface area contributed by atoms with E-state index < -0.39 is 7.12 Å². The summed E-state index contributed by atoms with van der Waals surface area (Å²) < 4.78 is 0.533. The highest BCUT2D eigenvalue weighted by Gasteiger charge is 2.21. The van der Waals surface area contributed by atoms with Crippen LogP contribution in [0.15, 0.2) is 17.5 Å². The lowest BCUT2D eigenvalue weighted by Crippen LogP contribution is -2.30. The Labute approximate surface area is 83.8 Å². The summed E-state index contributed by atoms with van der Waals surface area (Å²) in [6.45, 7) is 0. The van der Waals surface area contributed by atoms with Crippen LogP contribution < -0.4 is 5.46 Å². The maximum absolute atomic E-state index is 9.43. The first-order chi connectivity index (χ1) is 6.61. The van der Waals surface area contributed by atoms with Gasteiger partial charge in [-0.05, 0) is 16.8 Å². The van der Waals surface area contributed by atoms with Crippen LogP contribution in [0.5, 0.6) is 11.5 Å². The highest BCUT2D eigenvalue weighted by molar-refractivity contribution is 7.17. The average Bonchev–Trinajstić information content (AvgIpc) is 2.51. The molecule has 0 radical (unpaired) electrons. The van der Waals surface area contributed by atoms with Crippen LogP contribution in [0.25, 0.3) is 10.1 Å². The number of rotatable bonds is 1. The lowest BCUT2D eigenvalue weighted by Gasteiger charge is -2.06. The molecule has 1 heterocycles. The van der Waals surface area contributed by atoms with Crippen molar-refractivity contribution in [3.05, 3.63) is 17.5 Å². The summed E-state index contributed by atoms with van der Waals surface area (Å²) in [4.78, 5) is 0. The quantitative estimate of drug-likeness (QED) is 0.499. The predicted molar refractivity (Wildman–Crippen MR) is 55.0 cm³/mol. The minimum atomic E-state index is -1.74. The van der Waals surface area contributed by atoms with E-state index in [0.29, 0.717) is 10.1 Å². The normalized spacial score (nSPS) is 10.7. The molecule has 0 aliphatic rings. The fourth-order valence-electron chi connectivity index (χ4n) is 1.40. The minimum absolute atomic E-state index is 0.0269. The van der Waals surface area contributed by atoms with Crippen LogP contribution in [0.4, 0.5) is 0 Å². The molecule has 4 nitrogen and oxygen atoms in total. The Bertz CT molecular complexity index is 479. The van der Waals surface area contributed by atoms with Gasteiger partial charge in [0.05, 0.1) is 4.70 Å². The third kappa shape index (κ3) is 1.24. The molecular formula is C8H7BO4S. The number of hydrogen-bond donors (Lipinski definition) is 4. The number of phenolic OH excluding ortho intramolecular Hbond substituents is 2. The van der Waals surface area contributed by atoms with Gasteiger partial charge in [-0.3, -0.25) is 0 Å². The van der Waals surface area contributed by atoms with Crippen molar-refractivity contribution in [3.8, 4) is 11.5 Å². The van der Waals surface area contributed by atoms with Crippen molar-refractivity contribution in [2.24, 2.45) is 0 Å². The molecule has 0 bridgehead atoms. The number of fused-ring (bicyclic) bond motifs is 1. The van der Waals surface area contributed by atoms with E-state index in [1.807, 2.05) is 0 Å². The smallest absolute Gasteiger partial charge is 0.492 e. The number of benzene rings is 1. The van der Waals surface area contributed by atoms with E-state index in [9.17, 15) is 10.2 Å². The van der Waals surface area contributed by atoms with Crippen LogP contribution in [0, 0.1) is 0 Å². The highest BCUT2D eigenvalue weighted by atomic mass is 32.1. The van der Waals surface area contributed by atoms with Crippen LogP contribution in [-0.4, -0.2) is 27.4 Å². The number of phenols is 2. The van der Waals surface area contributed by atoms with Crippen molar-refractivity contribution in [2.75, 3.05) is 0 Å². The summed E-state index contributed by atoms with van der Waals surface area (Å²) in [5, 5.41) is 39.1. The maximum atomic E-state index is 9.43. The Hall–Kier alpha value is -1.24. The first kappa shape index (κ1) is 9.33. The van der Waals surface area contributed by atoms with Gasteiger partial charge in [-0.15, -0.1) is 11.3 Å². The molecule has 72 valence electrons. The summed E-state index contributed by atoms with van der Waals surface area (Å²) in [6, 6.07) is 2.72. The summed E-state index contributed by atoms with van der Waals surface area (Å²) in [5.41, 5.74) is 0.0269. The molecule has 0 saturated carbocycles. The number of hydrogen-bond acceptors (Lipinski definition) is 5. The van der Waals surface area contributed by atoms with Gasteiger partial charge in [0.15, 0.2) is 0 Å². The molecule has 0 aliphatic heterocycles. The topological polar surface area (TPSA) is 80.9 Å². The molecular weight excluding hydrogens is 203 g/mol. The second-order valence-electron chi connectivity index (χ2n) is 2.87. The monoisotopic (exact) mass is 210 g/mol. The third-order valence-electron chi connectivity index (χ3n) is 2.00. The van der Waals surface area contributed by atoms with Crippen molar-refractivity contribution in [2.45, 2.75) is 0 Å². The number of aromatic hydroxyl groups is 2. The van der Waals surface area contributed by atoms with Crippen molar-refractivity contribution in [1.82, 2.24) is 0 Å². The molecule has 2 aromatic rings. The average molecular weight is 210 g/mol. The van der Waals surface area contributed by atoms with E-state index in [0.717, 1.165) is 6.07 Å². The lowest BCUT2D eigenvalue weighted by atomic mass is 9.77. The van der Waals surface area contributed by atoms with Gasteiger partial charge in [0.2, 0.25) is 0 Å². The van der Waals surface area contributed by atoms with Crippen molar-refractivity contribution >= 4 is 34.0 Å². The SMILES string of the molecule is OB(O)c1c(O)cc(O)c2sccc12. The van der Waals surface area contributed by atoms with Gasteiger partial charge in [0.25, 0.3) is 0 Å². The van der Waals surface area contributed by atoms with Gasteiger partial charge in [-0.2, -0.15) is 0 Å². The van der Waals surface area contributed by atoms with E-state index in [-0.39, 0.29) is 17.0 Å². The van der Waals surface area contributed by atoms with Gasteiger partial charge in [-0.25, -0.2) is 0 Å². The fraction of sp³-hybridized carbons (Fsp3) is 0. The zero-order valence-electron chi connectivity index (χ0n) is 7.01. The molecule has 0 aliphatic carbocycles. The summed E-state index contributed by atoms with van der Waals surface area (Å²) >= 11 is 1.27. The molecule has 0 amide bonds. The Balaban J connectivity index is 2.86. The molecule has 0 saturated heterocycles. The molecule has 6 heteroatoms. The second-order valence-corrected chi connectivity index (χ2v) is 3.78. The van der Waals surface area contributed by atoms with Crippen LogP contribution in [0.1, 0.15) is 0 Å². The van der Waals surface area contributed by atoms with Crippen LogP contribution in [-0.2, 0) is 0 Å². The fourth-order valence-corrected chi connectivity index (χ4v) is 2.23. The van der Waals surface area contributed by atoms with E-state index in [1.54, 1.807) is 11.4 Å². The lowest BCUT2D eigenvalue weighted by molar-refractivity contribution is 0.419. The van der Waals surface area contributed by atoms with E-state index in [4.69, 9.17) is 10.0 Å². The van der Waals surface area contributed by atoms with Gasteiger partial charge in [0, 0.05) is 11.5 Å².